The lowest BCUT2D eigenvalue weighted by Crippen LogP contribution is -2.52. The van der Waals surface area contributed by atoms with Gasteiger partial charge in [0.15, 0.2) is 0 Å². The molecule has 0 aliphatic rings. The first kappa shape index (κ1) is 16.7. The quantitative estimate of drug-likeness (QED) is 0.858. The highest BCUT2D eigenvalue weighted by atomic mass is 79.9. The van der Waals surface area contributed by atoms with E-state index in [2.05, 4.69) is 21.2 Å². The van der Waals surface area contributed by atoms with Gasteiger partial charge in [0, 0.05) is 11.5 Å². The predicted molar refractivity (Wildman–Crippen MR) is 77.6 cm³/mol. The van der Waals surface area contributed by atoms with E-state index in [9.17, 15) is 14.0 Å². The SMILES string of the molecule is CN(C(=O)Nc1c(Cl)cc(F)cc1Br)C(C)(C)C(=O)O. The summed E-state index contributed by atoms with van der Waals surface area (Å²) in [6.45, 7) is 2.77. The third-order valence-electron chi connectivity index (χ3n) is 2.91. The molecule has 2 amide bonds. The molecule has 0 saturated heterocycles. The molecule has 0 aromatic heterocycles. The molecule has 5 nitrogen and oxygen atoms in total. The Labute approximate surface area is 128 Å². The Morgan fingerprint density at radius 3 is 2.45 bits per heavy atom. The Hall–Kier alpha value is -1.34. The van der Waals surface area contributed by atoms with Crippen molar-refractivity contribution in [2.75, 3.05) is 12.4 Å². The van der Waals surface area contributed by atoms with E-state index in [1.165, 1.54) is 20.9 Å². The number of carboxylic acids is 1. The van der Waals surface area contributed by atoms with Crippen LogP contribution in [0.4, 0.5) is 14.9 Å². The van der Waals surface area contributed by atoms with Crippen LogP contribution in [-0.4, -0.2) is 34.6 Å². The molecule has 0 radical (unpaired) electrons. The van der Waals surface area contributed by atoms with Crippen LogP contribution in [0.5, 0.6) is 0 Å². The fraction of sp³-hybridized carbons (Fsp3) is 0.333. The average Bonchev–Trinajstić information content (AvgIpc) is 2.32. The molecule has 1 aromatic rings. The maximum absolute atomic E-state index is 13.1. The van der Waals surface area contributed by atoms with Crippen LogP contribution in [0.25, 0.3) is 0 Å². The Kier molecular flexibility index (Phi) is 4.99. The zero-order chi connectivity index (χ0) is 15.7. The van der Waals surface area contributed by atoms with Crippen molar-refractivity contribution in [2.45, 2.75) is 19.4 Å². The fourth-order valence-electron chi connectivity index (χ4n) is 1.25. The topological polar surface area (TPSA) is 69.6 Å². The molecule has 0 fully saturated rings. The molecule has 0 saturated carbocycles. The summed E-state index contributed by atoms with van der Waals surface area (Å²) in [7, 11) is 1.34. The summed E-state index contributed by atoms with van der Waals surface area (Å²) >= 11 is 8.92. The van der Waals surface area contributed by atoms with Gasteiger partial charge in [-0.1, -0.05) is 11.6 Å². The van der Waals surface area contributed by atoms with E-state index in [1.807, 2.05) is 0 Å². The molecule has 20 heavy (non-hydrogen) atoms. The van der Waals surface area contributed by atoms with Crippen molar-refractivity contribution in [1.82, 2.24) is 4.90 Å². The van der Waals surface area contributed by atoms with E-state index in [0.29, 0.717) is 0 Å². The van der Waals surface area contributed by atoms with Crippen molar-refractivity contribution in [3.8, 4) is 0 Å². The number of nitrogens with one attached hydrogen (secondary N) is 1. The molecule has 0 bridgehead atoms. The summed E-state index contributed by atoms with van der Waals surface area (Å²) in [5, 5.41) is 11.5. The van der Waals surface area contributed by atoms with Gasteiger partial charge in [-0.2, -0.15) is 0 Å². The highest BCUT2D eigenvalue weighted by molar-refractivity contribution is 9.10. The molecule has 2 N–H and O–H groups in total. The number of carbonyl (C=O) groups is 2. The van der Waals surface area contributed by atoms with Crippen LogP contribution >= 0.6 is 27.5 Å². The Morgan fingerprint density at radius 1 is 1.45 bits per heavy atom. The Morgan fingerprint density at radius 2 is 2.00 bits per heavy atom. The number of hydrogen-bond acceptors (Lipinski definition) is 2. The predicted octanol–water partition coefficient (Wildman–Crippen LogP) is 3.57. The van der Waals surface area contributed by atoms with Gasteiger partial charge in [0.2, 0.25) is 0 Å². The number of aliphatic carboxylic acids is 1. The minimum Gasteiger partial charge on any atom is -0.480 e. The smallest absolute Gasteiger partial charge is 0.329 e. The van der Waals surface area contributed by atoms with E-state index < -0.39 is 23.4 Å². The third kappa shape index (κ3) is 3.40. The Balaban J connectivity index is 3.00. The largest absolute Gasteiger partial charge is 0.480 e. The summed E-state index contributed by atoms with van der Waals surface area (Å²) < 4.78 is 13.3. The van der Waals surface area contributed by atoms with E-state index in [-0.39, 0.29) is 15.2 Å². The van der Waals surface area contributed by atoms with Gasteiger partial charge in [0.25, 0.3) is 0 Å². The standard InChI is InChI=1S/C12H13BrClFN2O3/c1-12(2,10(18)19)17(3)11(20)16-9-7(13)4-6(15)5-8(9)14/h4-5H,1-3H3,(H,16,20)(H,18,19). The first-order valence-corrected chi connectivity index (χ1v) is 6.67. The van der Waals surface area contributed by atoms with Crippen molar-refractivity contribution in [3.63, 3.8) is 0 Å². The lowest BCUT2D eigenvalue weighted by molar-refractivity contribution is -0.146. The number of rotatable bonds is 3. The van der Waals surface area contributed by atoms with Gasteiger partial charge in [0.05, 0.1) is 10.7 Å². The summed E-state index contributed by atoms with van der Waals surface area (Å²) in [6, 6.07) is 1.51. The van der Waals surface area contributed by atoms with Gasteiger partial charge in [-0.3, -0.25) is 0 Å². The van der Waals surface area contributed by atoms with Gasteiger partial charge in [-0.05, 0) is 41.9 Å². The monoisotopic (exact) mass is 366 g/mol. The summed E-state index contributed by atoms with van der Waals surface area (Å²) in [5.41, 5.74) is -1.23. The van der Waals surface area contributed by atoms with Gasteiger partial charge in [-0.15, -0.1) is 0 Å². The number of likely N-dealkylation sites (N-methyl/N-ethyl adjacent to an activating group) is 1. The fourth-order valence-corrected chi connectivity index (χ4v) is 2.15. The molecule has 0 atom stereocenters. The Bertz CT molecular complexity index is 543. The first-order chi connectivity index (χ1) is 9.07. The van der Waals surface area contributed by atoms with Crippen molar-refractivity contribution >= 4 is 45.2 Å². The highest BCUT2D eigenvalue weighted by Crippen LogP contribution is 2.32. The lowest BCUT2D eigenvalue weighted by Gasteiger charge is -2.31. The molecule has 1 rings (SSSR count). The molecule has 8 heteroatoms. The number of amides is 2. The first-order valence-electron chi connectivity index (χ1n) is 5.50. The van der Waals surface area contributed by atoms with Crippen LogP contribution in [0.1, 0.15) is 13.8 Å². The number of carboxylic acid groups (broad SMARTS) is 1. The van der Waals surface area contributed by atoms with E-state index in [1.54, 1.807) is 0 Å². The van der Waals surface area contributed by atoms with Gasteiger partial charge >= 0.3 is 12.0 Å². The molecule has 1 aromatic carbocycles. The number of nitrogens with zero attached hydrogens (tertiary/aromatic N) is 1. The summed E-state index contributed by atoms with van der Waals surface area (Å²) in [4.78, 5) is 24.1. The number of halogens is 3. The van der Waals surface area contributed by atoms with Crippen LogP contribution in [0.2, 0.25) is 5.02 Å². The molecule has 0 aliphatic carbocycles. The second-order valence-corrected chi connectivity index (χ2v) is 5.86. The number of urea groups is 1. The second kappa shape index (κ2) is 5.97. The third-order valence-corrected chi connectivity index (χ3v) is 3.83. The van der Waals surface area contributed by atoms with Crippen molar-refractivity contribution in [3.05, 3.63) is 27.4 Å². The zero-order valence-electron chi connectivity index (χ0n) is 11.0. The maximum Gasteiger partial charge on any atom is 0.329 e. The number of benzene rings is 1. The molecular weight excluding hydrogens is 354 g/mol. The minimum absolute atomic E-state index is 0.00626. The molecule has 0 heterocycles. The van der Waals surface area contributed by atoms with Crippen LogP contribution in [0.15, 0.2) is 16.6 Å². The van der Waals surface area contributed by atoms with E-state index in [4.69, 9.17) is 16.7 Å². The van der Waals surface area contributed by atoms with Crippen LogP contribution in [-0.2, 0) is 4.79 Å². The highest BCUT2D eigenvalue weighted by Gasteiger charge is 2.35. The normalized spacial score (nSPS) is 11.1. The zero-order valence-corrected chi connectivity index (χ0v) is 13.3. The van der Waals surface area contributed by atoms with Gasteiger partial charge in [0.1, 0.15) is 11.4 Å². The molecule has 0 spiro atoms. The maximum atomic E-state index is 13.1. The number of anilines is 1. The molecular formula is C12H13BrClFN2O3. The van der Waals surface area contributed by atoms with Crippen molar-refractivity contribution in [1.29, 1.82) is 0 Å². The average molecular weight is 368 g/mol. The molecule has 110 valence electrons. The molecule has 0 unspecified atom stereocenters. The van der Waals surface area contributed by atoms with Gasteiger partial charge < -0.3 is 15.3 Å². The van der Waals surface area contributed by atoms with Gasteiger partial charge in [-0.25, -0.2) is 14.0 Å². The summed E-state index contributed by atoms with van der Waals surface area (Å²) in [5.74, 6) is -1.71. The minimum atomic E-state index is -1.40. The van der Waals surface area contributed by atoms with E-state index >= 15 is 0 Å². The van der Waals surface area contributed by atoms with E-state index in [0.717, 1.165) is 17.0 Å². The summed E-state index contributed by atoms with van der Waals surface area (Å²) in [6.07, 6.45) is 0. The lowest BCUT2D eigenvalue weighted by atomic mass is 10.1. The van der Waals surface area contributed by atoms with Crippen LogP contribution in [0.3, 0.4) is 0 Å². The van der Waals surface area contributed by atoms with Crippen LogP contribution < -0.4 is 5.32 Å². The van der Waals surface area contributed by atoms with Crippen molar-refractivity contribution < 1.29 is 19.1 Å². The van der Waals surface area contributed by atoms with Crippen molar-refractivity contribution in [2.24, 2.45) is 0 Å². The number of carbonyl (C=O) groups excluding carboxylic acids is 1. The number of hydrogen-bond donors (Lipinski definition) is 2. The molecule has 0 aliphatic heterocycles. The van der Waals surface area contributed by atoms with Crippen LogP contribution in [0, 0.1) is 5.82 Å². The second-order valence-electron chi connectivity index (χ2n) is 4.60.